The smallest absolute Gasteiger partial charge is 0.309 e. The van der Waals surface area contributed by atoms with Crippen molar-refractivity contribution in [2.45, 2.75) is 76.2 Å². The van der Waals surface area contributed by atoms with E-state index in [9.17, 15) is 9.90 Å². The van der Waals surface area contributed by atoms with E-state index in [1.165, 1.54) is 30.4 Å². The molecule has 5 unspecified atom stereocenters. The molecule has 2 saturated carbocycles. The van der Waals surface area contributed by atoms with Gasteiger partial charge < -0.3 is 9.84 Å². The highest BCUT2D eigenvalue weighted by molar-refractivity contribution is 5.74. The number of aryl methyl sites for hydroxylation is 1. The Labute approximate surface area is 168 Å². The first-order valence-corrected chi connectivity index (χ1v) is 11.1. The Morgan fingerprint density at radius 3 is 2.82 bits per heavy atom. The predicted molar refractivity (Wildman–Crippen MR) is 109 cm³/mol. The van der Waals surface area contributed by atoms with Crippen LogP contribution in [0.4, 0.5) is 0 Å². The number of allylic oxidation sites excluding steroid dienone is 1. The quantitative estimate of drug-likeness (QED) is 0.543. The van der Waals surface area contributed by atoms with Gasteiger partial charge in [0.15, 0.2) is 0 Å². The zero-order chi connectivity index (χ0) is 19.5. The van der Waals surface area contributed by atoms with E-state index in [4.69, 9.17) is 4.74 Å². The molecule has 1 aromatic carbocycles. The highest BCUT2D eigenvalue weighted by Crippen LogP contribution is 2.67. The molecule has 4 aliphatic rings. The van der Waals surface area contributed by atoms with Gasteiger partial charge in [-0.15, -0.1) is 6.58 Å². The second-order valence-corrected chi connectivity index (χ2v) is 9.97. The number of carbonyl (C=O) groups is 1. The lowest BCUT2D eigenvalue weighted by Crippen LogP contribution is -2.55. The minimum absolute atomic E-state index is 0.0105. The zero-order valence-electron chi connectivity index (χ0n) is 17.0. The molecule has 1 N–H and O–H groups in total. The Morgan fingerprint density at radius 1 is 1.21 bits per heavy atom. The number of hydrogen-bond donors (Lipinski definition) is 1. The summed E-state index contributed by atoms with van der Waals surface area (Å²) in [5, 5.41) is 9.87. The number of esters is 1. The molecule has 3 fully saturated rings. The average Bonchev–Trinajstić information content (AvgIpc) is 2.96. The van der Waals surface area contributed by atoms with Crippen LogP contribution in [-0.4, -0.2) is 16.7 Å². The second kappa shape index (κ2) is 6.37. The zero-order valence-corrected chi connectivity index (χ0v) is 17.0. The molecule has 3 nitrogen and oxygen atoms in total. The summed E-state index contributed by atoms with van der Waals surface area (Å²) in [5.41, 5.74) is 2.67. The van der Waals surface area contributed by atoms with Crippen LogP contribution in [0.2, 0.25) is 0 Å². The molecule has 1 aliphatic heterocycles. The number of phenolic OH excluding ortho intramolecular Hbond substituents is 1. The van der Waals surface area contributed by atoms with Crippen LogP contribution in [0.5, 0.6) is 5.75 Å². The number of fused-ring (bicyclic) bond motifs is 6. The Kier molecular flexibility index (Phi) is 4.16. The van der Waals surface area contributed by atoms with Crippen LogP contribution < -0.4 is 0 Å². The first-order valence-electron chi connectivity index (χ1n) is 11.1. The lowest BCUT2D eigenvalue weighted by Gasteiger charge is -2.55. The van der Waals surface area contributed by atoms with Crippen molar-refractivity contribution < 1.29 is 14.6 Å². The van der Waals surface area contributed by atoms with Crippen LogP contribution >= 0.6 is 0 Å². The predicted octanol–water partition coefficient (Wildman–Crippen LogP) is 5.52. The topological polar surface area (TPSA) is 46.5 Å². The monoisotopic (exact) mass is 380 g/mol. The molecular formula is C25H32O3. The summed E-state index contributed by atoms with van der Waals surface area (Å²) in [7, 11) is 0. The summed E-state index contributed by atoms with van der Waals surface area (Å²) in [6.07, 6.45) is 11.3. The van der Waals surface area contributed by atoms with Crippen molar-refractivity contribution >= 4 is 5.97 Å². The molecule has 1 spiro atoms. The maximum atomic E-state index is 12.7. The summed E-state index contributed by atoms with van der Waals surface area (Å²) >= 11 is 0. The van der Waals surface area contributed by atoms with Gasteiger partial charge in [-0.2, -0.15) is 0 Å². The maximum Gasteiger partial charge on any atom is 0.309 e. The van der Waals surface area contributed by atoms with E-state index < -0.39 is 0 Å². The Hall–Kier alpha value is -1.77. The van der Waals surface area contributed by atoms with Gasteiger partial charge in [-0.25, -0.2) is 0 Å². The number of aromatic hydroxyl groups is 1. The van der Waals surface area contributed by atoms with Crippen LogP contribution in [-0.2, 0) is 16.0 Å². The van der Waals surface area contributed by atoms with Crippen molar-refractivity contribution in [3.8, 4) is 5.75 Å². The van der Waals surface area contributed by atoms with Gasteiger partial charge in [0, 0.05) is 5.41 Å². The number of phenols is 1. The molecule has 5 rings (SSSR count). The van der Waals surface area contributed by atoms with Crippen LogP contribution in [0, 0.1) is 23.2 Å². The van der Waals surface area contributed by atoms with Gasteiger partial charge in [-0.05, 0) is 98.8 Å². The molecule has 3 aliphatic carbocycles. The van der Waals surface area contributed by atoms with Crippen molar-refractivity contribution in [2.24, 2.45) is 23.2 Å². The van der Waals surface area contributed by atoms with Crippen molar-refractivity contribution in [1.29, 1.82) is 0 Å². The maximum absolute atomic E-state index is 12.7. The largest absolute Gasteiger partial charge is 0.508 e. The van der Waals surface area contributed by atoms with Gasteiger partial charge in [-0.3, -0.25) is 4.79 Å². The summed E-state index contributed by atoms with van der Waals surface area (Å²) in [5.74, 6) is 2.33. The lowest BCUT2D eigenvalue weighted by atomic mass is 9.52. The number of ether oxygens (including phenoxy) is 1. The average molecular weight is 381 g/mol. The SMILES string of the molecule is C=CCC1CC[C@@]2(CCC3C4CCc5cc(O)ccc5C4CCC32C)OC1=O. The van der Waals surface area contributed by atoms with E-state index in [-0.39, 0.29) is 22.9 Å². The van der Waals surface area contributed by atoms with Crippen molar-refractivity contribution in [2.75, 3.05) is 0 Å². The third-order valence-corrected chi connectivity index (χ3v) is 8.98. The molecule has 0 amide bonds. The second-order valence-electron chi connectivity index (χ2n) is 9.97. The molecule has 1 heterocycles. The standard InChI is InChI=1S/C25H32O3/c1-3-4-16-9-13-25(28-23(16)27)14-11-22-21-7-5-17-15-18(26)6-8-19(17)20(21)10-12-24(22,25)2/h3,6,8,15-16,20-22,26H,1,4-5,7,9-14H2,2H3/t16?,20?,21?,22?,24?,25-/m0/s1. The Bertz CT molecular complexity index is 814. The molecule has 1 saturated heterocycles. The molecule has 150 valence electrons. The minimum Gasteiger partial charge on any atom is -0.508 e. The summed E-state index contributed by atoms with van der Waals surface area (Å²) in [6, 6.07) is 5.99. The van der Waals surface area contributed by atoms with Crippen LogP contribution in [0.3, 0.4) is 0 Å². The van der Waals surface area contributed by atoms with Crippen molar-refractivity contribution in [1.82, 2.24) is 0 Å². The molecule has 0 aromatic heterocycles. The summed E-state index contributed by atoms with van der Waals surface area (Å²) < 4.78 is 6.32. The first-order chi connectivity index (χ1) is 13.5. The fraction of sp³-hybridized carbons (Fsp3) is 0.640. The van der Waals surface area contributed by atoms with Crippen molar-refractivity contribution in [3.63, 3.8) is 0 Å². The van der Waals surface area contributed by atoms with E-state index >= 15 is 0 Å². The molecule has 28 heavy (non-hydrogen) atoms. The van der Waals surface area contributed by atoms with Gasteiger partial charge in [0.2, 0.25) is 0 Å². The van der Waals surface area contributed by atoms with Gasteiger partial charge >= 0.3 is 5.97 Å². The van der Waals surface area contributed by atoms with Gasteiger partial charge in [0.1, 0.15) is 11.4 Å². The minimum atomic E-state index is -0.243. The fourth-order valence-corrected chi connectivity index (χ4v) is 7.51. The Balaban J connectivity index is 1.43. The van der Waals surface area contributed by atoms with Gasteiger partial charge in [0.05, 0.1) is 5.92 Å². The molecule has 1 aromatic rings. The van der Waals surface area contributed by atoms with E-state index in [0.29, 0.717) is 23.5 Å². The van der Waals surface area contributed by atoms with Gasteiger partial charge in [0.25, 0.3) is 0 Å². The molecule has 3 heteroatoms. The van der Waals surface area contributed by atoms with E-state index in [2.05, 4.69) is 19.6 Å². The highest BCUT2D eigenvalue weighted by Gasteiger charge is 2.64. The molecule has 6 atom stereocenters. The molecular weight excluding hydrogens is 348 g/mol. The van der Waals surface area contributed by atoms with Gasteiger partial charge in [-0.1, -0.05) is 19.1 Å². The van der Waals surface area contributed by atoms with E-state index in [0.717, 1.165) is 38.5 Å². The van der Waals surface area contributed by atoms with Crippen LogP contribution in [0.15, 0.2) is 30.9 Å². The number of rotatable bonds is 2. The van der Waals surface area contributed by atoms with Crippen LogP contribution in [0.25, 0.3) is 0 Å². The van der Waals surface area contributed by atoms with Crippen LogP contribution in [0.1, 0.15) is 75.3 Å². The fourth-order valence-electron chi connectivity index (χ4n) is 7.51. The number of carbonyl (C=O) groups excluding carboxylic acids is 1. The molecule has 0 radical (unpaired) electrons. The number of benzene rings is 1. The first kappa shape index (κ1) is 18.3. The Morgan fingerprint density at radius 2 is 2.04 bits per heavy atom. The lowest BCUT2D eigenvalue weighted by molar-refractivity contribution is -0.198. The van der Waals surface area contributed by atoms with E-state index in [1.807, 2.05) is 18.2 Å². The highest BCUT2D eigenvalue weighted by atomic mass is 16.6. The molecule has 0 bridgehead atoms. The van der Waals surface area contributed by atoms with E-state index in [1.54, 1.807) is 0 Å². The summed E-state index contributed by atoms with van der Waals surface area (Å²) in [4.78, 5) is 12.7. The summed E-state index contributed by atoms with van der Waals surface area (Å²) in [6.45, 7) is 6.23. The third-order valence-electron chi connectivity index (χ3n) is 8.98. The number of hydrogen-bond acceptors (Lipinski definition) is 3. The third kappa shape index (κ3) is 2.44. The normalized spacial score (nSPS) is 41.7. The van der Waals surface area contributed by atoms with Crippen molar-refractivity contribution in [3.05, 3.63) is 42.0 Å².